The Labute approximate surface area is 235 Å². The Morgan fingerprint density at radius 3 is 2.25 bits per heavy atom. The second-order valence-corrected chi connectivity index (χ2v) is 10.4. The smallest absolute Gasteiger partial charge is 0.408 e. The lowest BCUT2D eigenvalue weighted by Crippen LogP contribution is -2.52. The van der Waals surface area contributed by atoms with E-state index in [9.17, 15) is 19.5 Å². The zero-order valence-electron chi connectivity index (χ0n) is 23.2. The molecule has 8 nitrogen and oxygen atoms in total. The summed E-state index contributed by atoms with van der Waals surface area (Å²) in [6.07, 6.45) is 5.12. The van der Waals surface area contributed by atoms with Crippen molar-refractivity contribution in [1.29, 1.82) is 0 Å². The fourth-order valence-electron chi connectivity index (χ4n) is 4.09. The van der Waals surface area contributed by atoms with Gasteiger partial charge in [0.1, 0.15) is 23.4 Å². The van der Waals surface area contributed by atoms with Crippen molar-refractivity contribution in [2.45, 2.75) is 58.3 Å². The van der Waals surface area contributed by atoms with Crippen LogP contribution in [-0.4, -0.2) is 39.6 Å². The van der Waals surface area contributed by atoms with Gasteiger partial charge in [0.25, 0.3) is 5.91 Å². The van der Waals surface area contributed by atoms with Crippen LogP contribution in [0.15, 0.2) is 78.9 Å². The molecule has 0 radical (unpaired) electrons. The van der Waals surface area contributed by atoms with Gasteiger partial charge in [-0.25, -0.2) is 4.79 Å². The molecule has 0 aromatic heterocycles. The summed E-state index contributed by atoms with van der Waals surface area (Å²) in [6.45, 7) is 7.25. The summed E-state index contributed by atoms with van der Waals surface area (Å²) in [5.74, 6) is -1.07. The molecule has 3 aromatic rings. The third-order valence-corrected chi connectivity index (χ3v) is 5.92. The summed E-state index contributed by atoms with van der Waals surface area (Å²) < 4.78 is 5.39. The predicted molar refractivity (Wildman–Crippen MR) is 153 cm³/mol. The Balaban J connectivity index is 1.96. The second-order valence-electron chi connectivity index (χ2n) is 10.4. The molecule has 2 atom stereocenters. The zero-order chi connectivity index (χ0) is 29.3. The van der Waals surface area contributed by atoms with E-state index in [0.29, 0.717) is 11.1 Å². The molecule has 40 heavy (non-hydrogen) atoms. The van der Waals surface area contributed by atoms with Crippen molar-refractivity contribution in [3.8, 4) is 18.2 Å². The third-order valence-electron chi connectivity index (χ3n) is 5.92. The number of hydrogen-bond acceptors (Lipinski definition) is 5. The Hall–Kier alpha value is -4.77. The maximum atomic E-state index is 14.0. The van der Waals surface area contributed by atoms with Crippen LogP contribution < -0.4 is 10.6 Å². The summed E-state index contributed by atoms with van der Waals surface area (Å²) >= 11 is 0. The first kappa shape index (κ1) is 29.8. The number of nitrogens with zero attached hydrogens (tertiary/aromatic N) is 1. The number of benzene rings is 3. The van der Waals surface area contributed by atoms with E-state index < -0.39 is 35.6 Å². The van der Waals surface area contributed by atoms with Crippen LogP contribution in [0.4, 0.5) is 4.79 Å². The Bertz CT molecular complexity index is 1360. The second kappa shape index (κ2) is 13.3. The maximum Gasteiger partial charge on any atom is 0.408 e. The molecule has 8 heteroatoms. The first-order chi connectivity index (χ1) is 19.0. The number of hydrogen-bond donors (Lipinski definition) is 3. The molecule has 0 saturated heterocycles. The van der Waals surface area contributed by atoms with Crippen LogP contribution in [0.3, 0.4) is 0 Å². The Morgan fingerprint density at radius 2 is 1.65 bits per heavy atom. The van der Waals surface area contributed by atoms with Crippen LogP contribution in [0.25, 0.3) is 0 Å². The van der Waals surface area contributed by atoms with Crippen LogP contribution in [0.5, 0.6) is 5.75 Å². The quantitative estimate of drug-likeness (QED) is 0.271. The molecule has 0 fully saturated rings. The number of carbonyl (C=O) groups is 3. The molecule has 2 unspecified atom stereocenters. The van der Waals surface area contributed by atoms with Gasteiger partial charge in [-0.15, -0.1) is 0 Å². The van der Waals surface area contributed by atoms with Gasteiger partial charge in [0.05, 0.1) is 0 Å². The molecular formula is C32H35N3O5. The largest absolute Gasteiger partial charge is 0.508 e. The number of phenolic OH excluding ortho intramolecular Hbond substituents is 1. The molecule has 3 N–H and O–H groups in total. The number of ether oxygens (including phenoxy) is 1. The summed E-state index contributed by atoms with van der Waals surface area (Å²) in [4.78, 5) is 41.4. The molecule has 0 aliphatic heterocycles. The van der Waals surface area contributed by atoms with Crippen molar-refractivity contribution in [2.75, 3.05) is 0 Å². The van der Waals surface area contributed by atoms with Crippen molar-refractivity contribution in [3.05, 3.63) is 101 Å². The molecule has 0 aliphatic rings. The molecule has 0 bridgehead atoms. The van der Waals surface area contributed by atoms with Gasteiger partial charge < -0.3 is 20.5 Å². The van der Waals surface area contributed by atoms with Gasteiger partial charge >= 0.3 is 6.09 Å². The van der Waals surface area contributed by atoms with Crippen LogP contribution >= 0.6 is 0 Å². The lowest BCUT2D eigenvalue weighted by Gasteiger charge is -2.30. The molecule has 3 aromatic carbocycles. The molecule has 0 saturated carbocycles. The van der Waals surface area contributed by atoms with Crippen LogP contribution in [0, 0.1) is 19.4 Å². The first-order valence-electron chi connectivity index (χ1n) is 12.9. The molecular weight excluding hydrogens is 506 g/mol. The number of aromatic hydroxyl groups is 1. The monoisotopic (exact) mass is 541 g/mol. The van der Waals surface area contributed by atoms with Crippen molar-refractivity contribution < 1.29 is 24.2 Å². The van der Waals surface area contributed by atoms with Crippen LogP contribution in [0.2, 0.25) is 0 Å². The van der Waals surface area contributed by atoms with Crippen LogP contribution in [0.1, 0.15) is 49.1 Å². The minimum Gasteiger partial charge on any atom is -0.508 e. The lowest BCUT2D eigenvalue weighted by molar-refractivity contribution is -0.138. The number of phenols is 1. The fourth-order valence-corrected chi connectivity index (χ4v) is 4.09. The minimum atomic E-state index is -1.16. The number of nitrogens with one attached hydrogen (secondary N) is 2. The highest BCUT2D eigenvalue weighted by Crippen LogP contribution is 2.24. The molecule has 0 spiro atoms. The number of carbonyl (C=O) groups excluding carboxylic acids is 3. The van der Waals surface area contributed by atoms with Crippen LogP contribution in [-0.2, 0) is 27.3 Å². The van der Waals surface area contributed by atoms with Gasteiger partial charge in [0.15, 0.2) is 0 Å². The molecule has 0 heterocycles. The average molecular weight is 542 g/mol. The van der Waals surface area contributed by atoms with Crippen molar-refractivity contribution in [2.24, 2.45) is 0 Å². The highest BCUT2D eigenvalue weighted by atomic mass is 16.6. The summed E-state index contributed by atoms with van der Waals surface area (Å²) in [5, 5.41) is 15.2. The third kappa shape index (κ3) is 8.63. The number of aryl methyl sites for hydroxylation is 1. The highest BCUT2D eigenvalue weighted by molar-refractivity contribution is 5.93. The van der Waals surface area contributed by atoms with Gasteiger partial charge in [0, 0.05) is 19.0 Å². The van der Waals surface area contributed by atoms with Gasteiger partial charge in [0.2, 0.25) is 5.91 Å². The van der Waals surface area contributed by atoms with Gasteiger partial charge in [-0.2, -0.15) is 0 Å². The average Bonchev–Trinajstić information content (AvgIpc) is 2.90. The number of rotatable bonds is 9. The summed E-state index contributed by atoms with van der Waals surface area (Å²) in [5.41, 5.74) is 2.15. The van der Waals surface area contributed by atoms with Gasteiger partial charge in [-0.1, -0.05) is 78.7 Å². The number of terminal acetylenes is 1. The normalized spacial score (nSPS) is 12.4. The predicted octanol–water partition coefficient (Wildman–Crippen LogP) is 4.61. The van der Waals surface area contributed by atoms with E-state index in [-0.39, 0.29) is 18.7 Å². The van der Waals surface area contributed by atoms with E-state index in [1.54, 1.807) is 51.1 Å². The Kier molecular flexibility index (Phi) is 9.93. The topological polar surface area (TPSA) is 108 Å². The molecule has 0 aliphatic carbocycles. The maximum absolute atomic E-state index is 14.0. The van der Waals surface area contributed by atoms with E-state index in [1.165, 1.54) is 12.1 Å². The molecule has 208 valence electrons. The van der Waals surface area contributed by atoms with Gasteiger partial charge in [-0.3, -0.25) is 14.5 Å². The summed E-state index contributed by atoms with van der Waals surface area (Å²) in [6, 6.07) is 22.9. The SMILES string of the molecule is C#CN(C(=O)C(Cc1ccc(O)cc1)NC(=O)OC(C)(C)C)C(C(=O)NCc1ccccc1)c1cccc(C)c1. The van der Waals surface area contributed by atoms with E-state index >= 15 is 0 Å². The van der Waals surface area contributed by atoms with E-state index in [0.717, 1.165) is 16.0 Å². The number of amides is 3. The summed E-state index contributed by atoms with van der Waals surface area (Å²) in [7, 11) is 0. The van der Waals surface area contributed by atoms with Crippen molar-refractivity contribution in [3.63, 3.8) is 0 Å². The van der Waals surface area contributed by atoms with E-state index in [1.807, 2.05) is 43.3 Å². The lowest BCUT2D eigenvalue weighted by atomic mass is 9.99. The minimum absolute atomic E-state index is 0.0444. The first-order valence-corrected chi connectivity index (χ1v) is 12.9. The van der Waals surface area contributed by atoms with E-state index in [2.05, 4.69) is 16.7 Å². The Morgan fingerprint density at radius 1 is 0.975 bits per heavy atom. The van der Waals surface area contributed by atoms with Gasteiger partial charge in [-0.05, 0) is 56.5 Å². The van der Waals surface area contributed by atoms with Crippen molar-refractivity contribution in [1.82, 2.24) is 15.5 Å². The molecule has 3 amide bonds. The standard InChI is InChI=1S/C32H35N3O5/c1-6-35(28(25-14-10-11-22(2)19-25)29(37)33-21-24-12-8-7-9-13-24)30(38)27(34-31(39)40-32(3,4)5)20-23-15-17-26(36)18-16-23/h1,7-19,27-28,36H,20-21H2,2-5H3,(H,33,37)(H,34,39). The van der Waals surface area contributed by atoms with Crippen molar-refractivity contribution >= 4 is 17.9 Å². The zero-order valence-corrected chi connectivity index (χ0v) is 23.2. The number of alkyl carbamates (subject to hydrolysis) is 1. The van der Waals surface area contributed by atoms with E-state index in [4.69, 9.17) is 11.2 Å². The fraction of sp³-hybridized carbons (Fsp3) is 0.281. The molecule has 3 rings (SSSR count). The highest BCUT2D eigenvalue weighted by Gasteiger charge is 2.36.